The van der Waals surface area contributed by atoms with E-state index in [1.807, 2.05) is 26.8 Å². The highest BCUT2D eigenvalue weighted by Gasteiger charge is 2.16. The van der Waals surface area contributed by atoms with Crippen LogP contribution in [0.5, 0.6) is 0 Å². The van der Waals surface area contributed by atoms with E-state index in [2.05, 4.69) is 4.98 Å². The van der Waals surface area contributed by atoms with Crippen molar-refractivity contribution in [2.75, 3.05) is 6.61 Å². The summed E-state index contributed by atoms with van der Waals surface area (Å²) in [7, 11) is 0. The first-order chi connectivity index (χ1) is 6.65. The Bertz CT molecular complexity index is 288. The van der Waals surface area contributed by atoms with Gasteiger partial charge in [-0.15, -0.1) is 0 Å². The Balaban J connectivity index is 2.73. The van der Waals surface area contributed by atoms with Gasteiger partial charge in [-0.3, -0.25) is 4.98 Å². The van der Waals surface area contributed by atoms with Crippen LogP contribution in [0.1, 0.15) is 31.1 Å². The molecule has 1 aromatic heterocycles. The molecule has 0 fully saturated rings. The summed E-state index contributed by atoms with van der Waals surface area (Å²) in [6, 6.07) is 1.92. The van der Waals surface area contributed by atoms with Gasteiger partial charge in [-0.25, -0.2) is 0 Å². The van der Waals surface area contributed by atoms with Crippen LogP contribution in [0, 0.1) is 6.92 Å². The summed E-state index contributed by atoms with van der Waals surface area (Å²) in [5.74, 6) is 0. The molecule has 1 rings (SSSR count). The van der Waals surface area contributed by atoms with Crippen LogP contribution in [0.2, 0.25) is 0 Å². The molecule has 1 aromatic rings. The fourth-order valence-corrected chi connectivity index (χ4v) is 1.37. The number of aliphatic hydroxyl groups excluding tert-OH is 1. The molecule has 0 bridgehead atoms. The van der Waals surface area contributed by atoms with Gasteiger partial charge in [0.2, 0.25) is 0 Å². The van der Waals surface area contributed by atoms with E-state index in [-0.39, 0.29) is 6.10 Å². The second kappa shape index (κ2) is 5.08. The van der Waals surface area contributed by atoms with Crippen molar-refractivity contribution in [3.63, 3.8) is 0 Å². The van der Waals surface area contributed by atoms with E-state index >= 15 is 0 Å². The molecule has 0 aliphatic rings. The summed E-state index contributed by atoms with van der Waals surface area (Å²) in [6.45, 7) is 6.33. The van der Waals surface area contributed by atoms with Crippen LogP contribution >= 0.6 is 0 Å². The molecular formula is C11H17NO2. The van der Waals surface area contributed by atoms with Crippen molar-refractivity contribution in [3.05, 3.63) is 29.6 Å². The van der Waals surface area contributed by atoms with Gasteiger partial charge in [0.05, 0.1) is 6.10 Å². The fourth-order valence-electron chi connectivity index (χ4n) is 1.37. The van der Waals surface area contributed by atoms with Crippen LogP contribution in [0.4, 0.5) is 0 Å². The van der Waals surface area contributed by atoms with Crippen molar-refractivity contribution in [1.29, 1.82) is 0 Å². The van der Waals surface area contributed by atoms with Crippen molar-refractivity contribution in [3.8, 4) is 0 Å². The molecule has 0 spiro atoms. The molecule has 0 saturated heterocycles. The highest BCUT2D eigenvalue weighted by atomic mass is 16.5. The van der Waals surface area contributed by atoms with Crippen LogP contribution in [0.3, 0.4) is 0 Å². The maximum atomic E-state index is 9.88. The number of pyridine rings is 1. The van der Waals surface area contributed by atoms with Gasteiger partial charge in [-0.05, 0) is 26.3 Å². The summed E-state index contributed by atoms with van der Waals surface area (Å²) in [4.78, 5) is 4.03. The molecular weight excluding hydrogens is 178 g/mol. The second-order valence-corrected chi connectivity index (χ2v) is 3.40. The van der Waals surface area contributed by atoms with Gasteiger partial charge in [0.15, 0.2) is 0 Å². The molecule has 78 valence electrons. The smallest absolute Gasteiger partial charge is 0.106 e. The summed E-state index contributed by atoms with van der Waals surface area (Å²) < 4.78 is 5.32. The van der Waals surface area contributed by atoms with Crippen LogP contribution in [0.25, 0.3) is 0 Å². The molecule has 0 saturated carbocycles. The zero-order valence-corrected chi connectivity index (χ0v) is 8.90. The number of aliphatic hydroxyl groups is 1. The Labute approximate surface area is 84.7 Å². The minimum absolute atomic E-state index is 0.191. The van der Waals surface area contributed by atoms with Crippen molar-refractivity contribution >= 4 is 0 Å². The first kappa shape index (κ1) is 11.1. The number of nitrogens with zero attached hydrogens (tertiary/aromatic N) is 1. The van der Waals surface area contributed by atoms with Gasteiger partial charge >= 0.3 is 0 Å². The van der Waals surface area contributed by atoms with Crippen LogP contribution in [-0.4, -0.2) is 22.8 Å². The number of ether oxygens (including phenoxy) is 1. The van der Waals surface area contributed by atoms with E-state index in [1.54, 1.807) is 12.4 Å². The maximum Gasteiger partial charge on any atom is 0.106 e. The van der Waals surface area contributed by atoms with E-state index in [9.17, 15) is 5.11 Å². The highest BCUT2D eigenvalue weighted by molar-refractivity contribution is 5.19. The van der Waals surface area contributed by atoms with Gasteiger partial charge in [-0.1, -0.05) is 6.07 Å². The number of hydrogen-bond donors (Lipinski definition) is 1. The standard InChI is InChI=1S/C11H17NO2/c1-4-14-9(3)11(13)10-5-8(2)6-12-7-10/h5-7,9,11,13H,4H2,1-3H3. The Morgan fingerprint density at radius 3 is 2.79 bits per heavy atom. The zero-order valence-electron chi connectivity index (χ0n) is 8.90. The summed E-state index contributed by atoms with van der Waals surface area (Å²) in [5, 5.41) is 9.88. The summed E-state index contributed by atoms with van der Waals surface area (Å²) in [6.07, 6.45) is 2.65. The first-order valence-electron chi connectivity index (χ1n) is 4.86. The molecule has 0 radical (unpaired) electrons. The Morgan fingerprint density at radius 1 is 1.50 bits per heavy atom. The molecule has 0 amide bonds. The second-order valence-electron chi connectivity index (χ2n) is 3.40. The SMILES string of the molecule is CCOC(C)C(O)c1cncc(C)c1. The van der Waals surface area contributed by atoms with Crippen molar-refractivity contribution in [2.24, 2.45) is 0 Å². The van der Waals surface area contributed by atoms with Gasteiger partial charge in [0.1, 0.15) is 6.10 Å². The third-order valence-electron chi connectivity index (χ3n) is 2.11. The predicted octanol–water partition coefficient (Wildman–Crippen LogP) is 1.85. The van der Waals surface area contributed by atoms with Crippen molar-refractivity contribution in [2.45, 2.75) is 33.0 Å². The van der Waals surface area contributed by atoms with Crippen molar-refractivity contribution < 1.29 is 9.84 Å². The van der Waals surface area contributed by atoms with E-state index in [0.717, 1.165) is 11.1 Å². The fraction of sp³-hybridized carbons (Fsp3) is 0.545. The molecule has 1 N–H and O–H groups in total. The topological polar surface area (TPSA) is 42.4 Å². The molecule has 2 atom stereocenters. The van der Waals surface area contributed by atoms with Crippen LogP contribution in [0.15, 0.2) is 18.5 Å². The Kier molecular flexibility index (Phi) is 4.04. The summed E-state index contributed by atoms with van der Waals surface area (Å²) in [5.41, 5.74) is 1.86. The molecule has 0 aromatic carbocycles. The lowest BCUT2D eigenvalue weighted by atomic mass is 10.1. The Hall–Kier alpha value is -0.930. The lowest BCUT2D eigenvalue weighted by Gasteiger charge is -2.18. The number of hydrogen-bond acceptors (Lipinski definition) is 3. The first-order valence-corrected chi connectivity index (χ1v) is 4.86. The van der Waals surface area contributed by atoms with Gasteiger partial charge in [-0.2, -0.15) is 0 Å². The third-order valence-corrected chi connectivity index (χ3v) is 2.11. The minimum atomic E-state index is -0.595. The van der Waals surface area contributed by atoms with Gasteiger partial charge < -0.3 is 9.84 Å². The molecule has 1 heterocycles. The van der Waals surface area contributed by atoms with Gasteiger partial charge in [0.25, 0.3) is 0 Å². The quantitative estimate of drug-likeness (QED) is 0.797. The van der Waals surface area contributed by atoms with E-state index < -0.39 is 6.10 Å². The number of aryl methyl sites for hydroxylation is 1. The molecule has 2 unspecified atom stereocenters. The molecule has 0 aliphatic carbocycles. The maximum absolute atomic E-state index is 9.88. The lowest BCUT2D eigenvalue weighted by Crippen LogP contribution is -2.18. The van der Waals surface area contributed by atoms with E-state index in [4.69, 9.17) is 4.74 Å². The van der Waals surface area contributed by atoms with E-state index in [1.165, 1.54) is 0 Å². The van der Waals surface area contributed by atoms with Gasteiger partial charge in [0, 0.05) is 24.6 Å². The predicted molar refractivity (Wildman–Crippen MR) is 55.0 cm³/mol. The normalized spacial score (nSPS) is 15.1. The molecule has 14 heavy (non-hydrogen) atoms. The number of aromatic nitrogens is 1. The average Bonchev–Trinajstić information content (AvgIpc) is 2.17. The average molecular weight is 195 g/mol. The summed E-state index contributed by atoms with van der Waals surface area (Å²) >= 11 is 0. The minimum Gasteiger partial charge on any atom is -0.386 e. The van der Waals surface area contributed by atoms with E-state index in [0.29, 0.717) is 6.61 Å². The third kappa shape index (κ3) is 2.79. The van der Waals surface area contributed by atoms with Crippen LogP contribution in [-0.2, 0) is 4.74 Å². The highest BCUT2D eigenvalue weighted by Crippen LogP contribution is 2.18. The van der Waals surface area contributed by atoms with Crippen LogP contribution < -0.4 is 0 Å². The lowest BCUT2D eigenvalue weighted by molar-refractivity contribution is -0.0229. The zero-order chi connectivity index (χ0) is 10.6. The molecule has 3 heteroatoms. The largest absolute Gasteiger partial charge is 0.386 e. The monoisotopic (exact) mass is 195 g/mol. The molecule has 0 aliphatic heterocycles. The van der Waals surface area contributed by atoms with Crippen molar-refractivity contribution in [1.82, 2.24) is 4.98 Å². The number of rotatable bonds is 4. The molecule has 3 nitrogen and oxygen atoms in total. The Morgan fingerprint density at radius 2 is 2.21 bits per heavy atom.